The second-order valence-corrected chi connectivity index (χ2v) is 9.50. The highest BCUT2D eigenvalue weighted by atomic mass is 79.9. The van der Waals surface area contributed by atoms with Gasteiger partial charge in [0.05, 0.1) is 4.92 Å². The van der Waals surface area contributed by atoms with Gasteiger partial charge in [0.1, 0.15) is 0 Å². The van der Waals surface area contributed by atoms with E-state index in [1.54, 1.807) is 12.1 Å². The van der Waals surface area contributed by atoms with Crippen molar-refractivity contribution in [1.82, 2.24) is 10.2 Å². The van der Waals surface area contributed by atoms with Gasteiger partial charge in [-0.1, -0.05) is 31.9 Å². The van der Waals surface area contributed by atoms with Crippen LogP contribution in [0.25, 0.3) is 0 Å². The summed E-state index contributed by atoms with van der Waals surface area (Å²) in [4.78, 5) is 13.0. The molecule has 0 heterocycles. The van der Waals surface area contributed by atoms with Crippen molar-refractivity contribution in [3.05, 3.63) is 57.1 Å². The smallest absolute Gasteiger partial charge is 0.310 e. The second-order valence-electron chi connectivity index (χ2n) is 9.50. The number of halogens is 2. The maximum atomic E-state index is 10.9. The van der Waals surface area contributed by atoms with Gasteiger partial charge in [-0.3, -0.25) is 10.1 Å². The van der Waals surface area contributed by atoms with Gasteiger partial charge in [0.2, 0.25) is 0 Å². The molecule has 0 amide bonds. The first-order chi connectivity index (χ1) is 16.9. The average Bonchev–Trinajstić information content (AvgIpc) is 2.85. The third-order valence-corrected chi connectivity index (χ3v) is 6.94. The molecule has 0 spiro atoms. The molecule has 0 saturated heterocycles. The van der Waals surface area contributed by atoms with Crippen LogP contribution in [0.2, 0.25) is 0 Å². The van der Waals surface area contributed by atoms with Crippen molar-refractivity contribution >= 4 is 39.7 Å². The van der Waals surface area contributed by atoms with Crippen molar-refractivity contribution in [1.29, 1.82) is 0 Å². The summed E-state index contributed by atoms with van der Waals surface area (Å²) in [6, 6.07) is 8.60. The summed E-state index contributed by atoms with van der Waals surface area (Å²) < 4.78 is 0. The molecule has 37 heavy (non-hydrogen) atoms. The highest BCUT2D eigenvalue weighted by molar-refractivity contribution is 8.93. The molecule has 1 aliphatic carbocycles. The number of unbranched alkanes of at least 4 members (excludes halogenated alkanes) is 3. The van der Waals surface area contributed by atoms with Crippen LogP contribution >= 0.6 is 34.0 Å². The first-order valence-electron chi connectivity index (χ1n) is 12.8. The maximum absolute atomic E-state index is 10.9. The molecule has 8 nitrogen and oxygen atoms in total. The minimum absolute atomic E-state index is 0. The molecular weight excluding hydrogens is 606 g/mol. The summed E-state index contributed by atoms with van der Waals surface area (Å²) in [5.41, 5.74) is 2.67. The van der Waals surface area contributed by atoms with E-state index in [4.69, 9.17) is 0 Å². The second kappa shape index (κ2) is 16.9. The van der Waals surface area contributed by atoms with E-state index in [1.807, 2.05) is 6.07 Å². The van der Waals surface area contributed by atoms with E-state index in [0.717, 1.165) is 81.4 Å². The Morgan fingerprint density at radius 1 is 1.00 bits per heavy atom. The van der Waals surface area contributed by atoms with Crippen LogP contribution in [0.15, 0.2) is 30.3 Å². The fourth-order valence-corrected chi connectivity index (χ4v) is 5.03. The minimum atomic E-state index is -0.558. The highest BCUT2D eigenvalue weighted by Gasteiger charge is 2.26. The SMILES string of the molecule is Br.Br.CCCN(CCCCCCNCCc1ccc(O)c([N+](=O)[O-])c1)[C@H]1CCc2c(ccc(O)c2O)C1. The number of phenolic OH excluding ortho intramolecular Hbond substituents is 3. The lowest BCUT2D eigenvalue weighted by atomic mass is 9.86. The lowest BCUT2D eigenvalue weighted by Crippen LogP contribution is -2.40. The number of nitrogens with one attached hydrogen (secondary N) is 1. The van der Waals surface area contributed by atoms with Crippen LogP contribution < -0.4 is 5.32 Å². The van der Waals surface area contributed by atoms with Gasteiger partial charge < -0.3 is 25.5 Å². The number of benzene rings is 2. The van der Waals surface area contributed by atoms with E-state index in [0.29, 0.717) is 12.5 Å². The Morgan fingerprint density at radius 3 is 2.46 bits per heavy atom. The predicted molar refractivity (Wildman–Crippen MR) is 158 cm³/mol. The number of hydrogen-bond acceptors (Lipinski definition) is 7. The van der Waals surface area contributed by atoms with Crippen LogP contribution in [0.3, 0.4) is 0 Å². The molecule has 1 aliphatic rings. The molecule has 2 aromatic rings. The number of hydrogen-bond donors (Lipinski definition) is 4. The van der Waals surface area contributed by atoms with Crippen LogP contribution in [0.5, 0.6) is 17.2 Å². The number of aromatic hydroxyl groups is 3. The zero-order valence-corrected chi connectivity index (χ0v) is 25.0. The molecule has 3 rings (SSSR count). The van der Waals surface area contributed by atoms with Gasteiger partial charge in [-0.2, -0.15) is 0 Å². The zero-order chi connectivity index (χ0) is 25.2. The van der Waals surface area contributed by atoms with Crippen molar-refractivity contribution in [3.63, 3.8) is 0 Å². The van der Waals surface area contributed by atoms with Gasteiger partial charge in [0.25, 0.3) is 0 Å². The van der Waals surface area contributed by atoms with E-state index in [2.05, 4.69) is 17.1 Å². The molecule has 0 bridgehead atoms. The zero-order valence-electron chi connectivity index (χ0n) is 21.5. The van der Waals surface area contributed by atoms with Crippen molar-refractivity contribution in [2.24, 2.45) is 0 Å². The van der Waals surface area contributed by atoms with Crippen molar-refractivity contribution in [2.45, 2.75) is 70.8 Å². The Bertz CT molecular complexity index is 993. The van der Waals surface area contributed by atoms with Gasteiger partial charge in [0.15, 0.2) is 17.2 Å². The standard InChI is InChI=1S/C27H39N3O5.2BrH/c1-2-16-29(22-9-10-23-21(19-22)8-12-26(32)27(23)33)17-6-4-3-5-14-28-15-13-20-7-11-25(31)24(18-20)30(34)35;;/h7-8,11-12,18,22,28,31-33H,2-6,9-10,13-17,19H2,1H3;2*1H/t22-;;/m0../s1. The normalized spacial score (nSPS) is 14.5. The number of fused-ring (bicyclic) bond motifs is 1. The van der Waals surface area contributed by atoms with E-state index < -0.39 is 4.92 Å². The Hall–Kier alpha value is -1.88. The summed E-state index contributed by atoms with van der Waals surface area (Å²) in [5, 5.41) is 43.8. The van der Waals surface area contributed by atoms with Crippen LogP contribution in [0.4, 0.5) is 5.69 Å². The topological polar surface area (TPSA) is 119 Å². The summed E-state index contributed by atoms with van der Waals surface area (Å²) >= 11 is 0. The first-order valence-corrected chi connectivity index (χ1v) is 12.8. The van der Waals surface area contributed by atoms with Crippen LogP contribution in [0.1, 0.15) is 62.1 Å². The number of nitrogens with zero attached hydrogens (tertiary/aromatic N) is 2. The molecule has 4 N–H and O–H groups in total. The van der Waals surface area contributed by atoms with Gasteiger partial charge in [0, 0.05) is 17.7 Å². The Balaban J connectivity index is 0.00000342. The fraction of sp³-hybridized carbons (Fsp3) is 0.556. The molecule has 0 aromatic heterocycles. The Morgan fingerprint density at radius 2 is 1.73 bits per heavy atom. The van der Waals surface area contributed by atoms with E-state index in [9.17, 15) is 25.4 Å². The van der Waals surface area contributed by atoms with Gasteiger partial charge >= 0.3 is 5.69 Å². The molecular formula is C27H41Br2N3O5. The number of rotatable bonds is 14. The van der Waals surface area contributed by atoms with Crippen LogP contribution in [-0.2, 0) is 19.3 Å². The van der Waals surface area contributed by atoms with E-state index in [1.165, 1.54) is 25.0 Å². The van der Waals surface area contributed by atoms with Crippen LogP contribution in [0, 0.1) is 10.1 Å². The third-order valence-electron chi connectivity index (χ3n) is 6.94. The summed E-state index contributed by atoms with van der Waals surface area (Å²) in [6.45, 7) is 6.07. The monoisotopic (exact) mass is 645 g/mol. The van der Waals surface area contributed by atoms with Gasteiger partial charge in [-0.15, -0.1) is 34.0 Å². The molecule has 0 radical (unpaired) electrons. The maximum Gasteiger partial charge on any atom is 0.310 e. The lowest BCUT2D eigenvalue weighted by molar-refractivity contribution is -0.385. The first kappa shape index (κ1) is 33.1. The minimum Gasteiger partial charge on any atom is -0.504 e. The molecule has 0 fully saturated rings. The number of nitro groups is 1. The lowest BCUT2D eigenvalue weighted by Gasteiger charge is -2.35. The van der Waals surface area contributed by atoms with E-state index >= 15 is 0 Å². The predicted octanol–water partition coefficient (Wildman–Crippen LogP) is 5.83. The highest BCUT2D eigenvalue weighted by Crippen LogP contribution is 2.36. The molecule has 1 atom stereocenters. The summed E-state index contributed by atoms with van der Waals surface area (Å²) in [5.74, 6) is -0.260. The van der Waals surface area contributed by atoms with Crippen LogP contribution in [-0.4, -0.2) is 57.4 Å². The van der Waals surface area contributed by atoms with E-state index in [-0.39, 0.29) is 56.9 Å². The van der Waals surface area contributed by atoms with Gasteiger partial charge in [-0.25, -0.2) is 0 Å². The number of nitro benzene ring substituents is 1. The number of phenols is 3. The summed E-state index contributed by atoms with van der Waals surface area (Å²) in [6.07, 6.45) is 9.18. The van der Waals surface area contributed by atoms with Crippen molar-refractivity contribution in [3.8, 4) is 17.2 Å². The molecule has 10 heteroatoms. The molecule has 0 saturated carbocycles. The third kappa shape index (κ3) is 9.74. The quantitative estimate of drug-likeness (QED) is 0.0883. The largest absolute Gasteiger partial charge is 0.504 e. The molecule has 0 aliphatic heterocycles. The van der Waals surface area contributed by atoms with Crippen molar-refractivity contribution in [2.75, 3.05) is 26.2 Å². The van der Waals surface area contributed by atoms with Crippen molar-refractivity contribution < 1.29 is 20.2 Å². The average molecular weight is 647 g/mol. The Kier molecular flexibility index (Phi) is 15.1. The molecule has 2 aromatic carbocycles. The fourth-order valence-electron chi connectivity index (χ4n) is 5.03. The molecule has 0 unspecified atom stereocenters. The van der Waals surface area contributed by atoms with Gasteiger partial charge in [-0.05, 0) is 94.4 Å². The summed E-state index contributed by atoms with van der Waals surface area (Å²) in [7, 11) is 0. The Labute approximate surface area is 240 Å². The molecule has 208 valence electrons.